The average Bonchev–Trinajstić information content (AvgIpc) is 2.26. The second kappa shape index (κ2) is 5.02. The van der Waals surface area contributed by atoms with Gasteiger partial charge in [0.2, 0.25) is 0 Å². The van der Waals surface area contributed by atoms with E-state index in [1.807, 2.05) is 20.8 Å². The quantitative estimate of drug-likeness (QED) is 0.836. The van der Waals surface area contributed by atoms with Gasteiger partial charge in [-0.15, -0.1) is 0 Å². The van der Waals surface area contributed by atoms with Crippen molar-refractivity contribution in [1.82, 2.24) is 4.90 Å². The number of amides is 1. The highest BCUT2D eigenvalue weighted by Crippen LogP contribution is 2.41. The number of rotatable bonds is 2. The summed E-state index contributed by atoms with van der Waals surface area (Å²) in [5.41, 5.74) is -0.478. The summed E-state index contributed by atoms with van der Waals surface area (Å²) in [5.74, 6) is -0.204. The molecule has 1 N–H and O–H groups in total. The first-order valence-corrected chi connectivity index (χ1v) is 6.97. The van der Waals surface area contributed by atoms with Gasteiger partial charge in [0.1, 0.15) is 5.60 Å². The standard InChI is InChI=1S/C14H23NO4/c1-14(2,3)19-13(18)15-8-9-4-5-11(15)6-10(9)7-12(16)17/h9-11H,4-8H2,1-3H3,(H,16,17)/t9-,10?,11-/m0/s1. The van der Waals surface area contributed by atoms with Gasteiger partial charge in [-0.25, -0.2) is 4.79 Å². The topological polar surface area (TPSA) is 66.8 Å². The third kappa shape index (κ3) is 3.39. The third-order valence-corrected chi connectivity index (χ3v) is 4.05. The number of carbonyl (C=O) groups excluding carboxylic acids is 1. The number of fused-ring (bicyclic) bond motifs is 3. The van der Waals surface area contributed by atoms with E-state index in [-0.39, 0.29) is 24.5 Å². The first-order chi connectivity index (χ1) is 8.76. The van der Waals surface area contributed by atoms with Gasteiger partial charge in [0.15, 0.2) is 0 Å². The van der Waals surface area contributed by atoms with Crippen molar-refractivity contribution in [2.24, 2.45) is 11.8 Å². The van der Waals surface area contributed by atoms with Crippen molar-refractivity contribution in [3.8, 4) is 0 Å². The van der Waals surface area contributed by atoms with Gasteiger partial charge in [-0.05, 0) is 51.9 Å². The summed E-state index contributed by atoms with van der Waals surface area (Å²) in [6.07, 6.45) is 2.78. The molecule has 0 aromatic heterocycles. The Labute approximate surface area is 113 Å². The van der Waals surface area contributed by atoms with E-state index in [0.29, 0.717) is 12.5 Å². The number of hydrogen-bond donors (Lipinski definition) is 1. The molecular weight excluding hydrogens is 246 g/mol. The molecule has 5 heteroatoms. The maximum absolute atomic E-state index is 12.1. The van der Waals surface area contributed by atoms with Crippen LogP contribution in [0.3, 0.4) is 0 Å². The summed E-state index contributed by atoms with van der Waals surface area (Å²) in [7, 11) is 0. The molecule has 3 rings (SSSR count). The second-order valence-corrected chi connectivity index (χ2v) is 6.72. The lowest BCUT2D eigenvalue weighted by Crippen LogP contribution is -2.55. The van der Waals surface area contributed by atoms with E-state index in [2.05, 4.69) is 0 Å². The smallest absolute Gasteiger partial charge is 0.410 e. The molecule has 2 heterocycles. The maximum atomic E-state index is 12.1. The molecule has 1 aliphatic carbocycles. The van der Waals surface area contributed by atoms with Crippen LogP contribution in [0.4, 0.5) is 4.79 Å². The molecule has 2 aliphatic heterocycles. The molecule has 3 aliphatic rings. The minimum atomic E-state index is -0.735. The van der Waals surface area contributed by atoms with Gasteiger partial charge in [-0.1, -0.05) is 0 Å². The lowest BCUT2D eigenvalue weighted by Gasteiger charge is -2.49. The molecule has 108 valence electrons. The van der Waals surface area contributed by atoms with Gasteiger partial charge < -0.3 is 14.7 Å². The second-order valence-electron chi connectivity index (χ2n) is 6.72. The minimum Gasteiger partial charge on any atom is -0.481 e. The number of aliphatic carboxylic acids is 1. The Bertz CT molecular complexity index is 374. The molecule has 2 bridgehead atoms. The lowest BCUT2D eigenvalue weighted by molar-refractivity contribution is -0.140. The molecule has 0 spiro atoms. The number of nitrogens with zero attached hydrogens (tertiary/aromatic N) is 1. The van der Waals surface area contributed by atoms with Gasteiger partial charge in [0, 0.05) is 19.0 Å². The van der Waals surface area contributed by atoms with E-state index in [4.69, 9.17) is 9.84 Å². The molecule has 5 nitrogen and oxygen atoms in total. The van der Waals surface area contributed by atoms with E-state index < -0.39 is 11.6 Å². The molecular formula is C14H23NO4. The molecule has 0 aromatic rings. The number of ether oxygens (including phenoxy) is 1. The van der Waals surface area contributed by atoms with Crippen molar-refractivity contribution >= 4 is 12.1 Å². The summed E-state index contributed by atoms with van der Waals surface area (Å²) >= 11 is 0. The first kappa shape index (κ1) is 14.2. The summed E-state index contributed by atoms with van der Waals surface area (Å²) < 4.78 is 5.42. The van der Waals surface area contributed by atoms with Gasteiger partial charge in [-0.2, -0.15) is 0 Å². The minimum absolute atomic E-state index is 0.157. The van der Waals surface area contributed by atoms with Crippen molar-refractivity contribution in [2.45, 2.75) is 58.1 Å². The molecule has 0 aromatic carbocycles. The van der Waals surface area contributed by atoms with Crippen molar-refractivity contribution in [3.05, 3.63) is 0 Å². The summed E-state index contributed by atoms with van der Waals surface area (Å²) in [6, 6.07) is 0.157. The maximum Gasteiger partial charge on any atom is 0.410 e. The number of carboxylic acids is 1. The van der Waals surface area contributed by atoms with Crippen LogP contribution in [-0.2, 0) is 9.53 Å². The largest absolute Gasteiger partial charge is 0.481 e. The van der Waals surface area contributed by atoms with E-state index in [9.17, 15) is 9.59 Å². The van der Waals surface area contributed by atoms with Gasteiger partial charge >= 0.3 is 12.1 Å². The average molecular weight is 269 g/mol. The van der Waals surface area contributed by atoms with Crippen LogP contribution in [0.2, 0.25) is 0 Å². The normalized spacial score (nSPS) is 30.3. The van der Waals surface area contributed by atoms with E-state index in [1.54, 1.807) is 4.90 Å². The van der Waals surface area contributed by atoms with Crippen LogP contribution in [0.15, 0.2) is 0 Å². The van der Waals surface area contributed by atoms with Crippen LogP contribution in [-0.4, -0.2) is 40.3 Å². The Balaban J connectivity index is 1.98. The van der Waals surface area contributed by atoms with Crippen molar-refractivity contribution in [2.75, 3.05) is 6.54 Å². The monoisotopic (exact) mass is 269 g/mol. The predicted molar refractivity (Wildman–Crippen MR) is 69.8 cm³/mol. The van der Waals surface area contributed by atoms with Crippen LogP contribution in [0.1, 0.15) is 46.5 Å². The van der Waals surface area contributed by atoms with E-state index in [1.165, 1.54) is 0 Å². The van der Waals surface area contributed by atoms with E-state index in [0.717, 1.165) is 19.3 Å². The molecule has 2 saturated heterocycles. The Kier molecular flexibility index (Phi) is 3.74. The fraction of sp³-hybridized carbons (Fsp3) is 0.857. The summed E-state index contributed by atoms with van der Waals surface area (Å²) in [6.45, 7) is 6.23. The number of carbonyl (C=O) groups is 2. The Hall–Kier alpha value is -1.26. The highest BCUT2D eigenvalue weighted by atomic mass is 16.6. The van der Waals surface area contributed by atoms with Crippen LogP contribution >= 0.6 is 0 Å². The zero-order valence-electron chi connectivity index (χ0n) is 11.9. The van der Waals surface area contributed by atoms with Crippen molar-refractivity contribution < 1.29 is 19.4 Å². The number of carboxylic acid groups (broad SMARTS) is 1. The van der Waals surface area contributed by atoms with Crippen LogP contribution in [0.5, 0.6) is 0 Å². The van der Waals surface area contributed by atoms with Gasteiger partial charge in [0.05, 0.1) is 0 Å². The van der Waals surface area contributed by atoms with Crippen LogP contribution in [0.25, 0.3) is 0 Å². The third-order valence-electron chi connectivity index (χ3n) is 4.05. The Morgan fingerprint density at radius 3 is 2.47 bits per heavy atom. The highest BCUT2D eigenvalue weighted by Gasteiger charge is 2.43. The fourth-order valence-corrected chi connectivity index (χ4v) is 3.25. The number of piperidine rings is 2. The summed E-state index contributed by atoms with van der Waals surface area (Å²) in [4.78, 5) is 24.8. The molecule has 1 saturated carbocycles. The van der Waals surface area contributed by atoms with Gasteiger partial charge in [0.25, 0.3) is 0 Å². The Morgan fingerprint density at radius 2 is 2.00 bits per heavy atom. The van der Waals surface area contributed by atoms with Crippen molar-refractivity contribution in [1.29, 1.82) is 0 Å². The van der Waals surface area contributed by atoms with Crippen LogP contribution in [0, 0.1) is 11.8 Å². The van der Waals surface area contributed by atoms with Crippen molar-refractivity contribution in [3.63, 3.8) is 0 Å². The SMILES string of the molecule is CC(C)(C)OC(=O)N1C[C@@H]2CC[C@H]1CC2CC(=O)O. The molecule has 0 radical (unpaired) electrons. The fourth-order valence-electron chi connectivity index (χ4n) is 3.25. The number of hydrogen-bond acceptors (Lipinski definition) is 3. The summed E-state index contributed by atoms with van der Waals surface area (Å²) in [5, 5.41) is 8.92. The first-order valence-electron chi connectivity index (χ1n) is 6.97. The lowest BCUT2D eigenvalue weighted by atomic mass is 9.71. The van der Waals surface area contributed by atoms with E-state index >= 15 is 0 Å². The Morgan fingerprint density at radius 1 is 1.32 bits per heavy atom. The van der Waals surface area contributed by atoms with Gasteiger partial charge in [-0.3, -0.25) is 4.79 Å². The highest BCUT2D eigenvalue weighted by molar-refractivity contribution is 5.69. The molecule has 3 atom stereocenters. The predicted octanol–water partition coefficient (Wildman–Crippen LogP) is 2.50. The molecule has 19 heavy (non-hydrogen) atoms. The molecule has 3 fully saturated rings. The zero-order chi connectivity index (χ0) is 14.2. The van der Waals surface area contributed by atoms with Crippen LogP contribution < -0.4 is 0 Å². The molecule has 1 amide bonds. The molecule has 1 unspecified atom stereocenters. The zero-order valence-corrected chi connectivity index (χ0v) is 11.9.